The summed E-state index contributed by atoms with van der Waals surface area (Å²) in [5.74, 6) is -0.0756. The zero-order chi connectivity index (χ0) is 39.9. The molecule has 1 atom stereocenters. The molecule has 1 aliphatic rings. The van der Waals surface area contributed by atoms with Gasteiger partial charge in [0, 0.05) is 45.6 Å². The SMILES string of the molecule is CCCCCCCOC(=O)CCCCCCCN(CCCCCCCC(=O)OC(CCCC)CCCCC)CCCNc1c(N2CCN(C)CC2)c(=O)c1=O. The number of likely N-dealkylation sites (N-methyl/N-ethyl adjacent to an activating group) is 1. The van der Waals surface area contributed by atoms with Crippen molar-refractivity contribution < 1.29 is 19.1 Å². The Balaban J connectivity index is 1.70. The van der Waals surface area contributed by atoms with Crippen LogP contribution in [-0.2, 0) is 19.1 Å². The van der Waals surface area contributed by atoms with Gasteiger partial charge in [-0.25, -0.2) is 0 Å². The van der Waals surface area contributed by atoms with Gasteiger partial charge in [0.2, 0.25) is 0 Å². The molecule has 0 saturated carbocycles. The molecule has 55 heavy (non-hydrogen) atoms. The third-order valence-electron chi connectivity index (χ3n) is 11.2. The Morgan fingerprint density at radius 2 is 1.15 bits per heavy atom. The average Bonchev–Trinajstić information content (AvgIpc) is 3.18. The van der Waals surface area contributed by atoms with Crippen LogP contribution < -0.4 is 21.1 Å². The number of nitrogens with one attached hydrogen (secondary N) is 1. The fraction of sp³-hybridized carbons (Fsp3) is 0.867. The minimum absolute atomic E-state index is 0.0233. The summed E-state index contributed by atoms with van der Waals surface area (Å²) < 4.78 is 11.3. The van der Waals surface area contributed by atoms with Crippen molar-refractivity contribution in [1.29, 1.82) is 0 Å². The van der Waals surface area contributed by atoms with Crippen molar-refractivity contribution in [3.05, 3.63) is 20.4 Å². The maximum absolute atomic E-state index is 12.6. The van der Waals surface area contributed by atoms with Gasteiger partial charge < -0.3 is 29.5 Å². The van der Waals surface area contributed by atoms with Gasteiger partial charge in [-0.05, 0) is 84.5 Å². The zero-order valence-electron chi connectivity index (χ0n) is 35.9. The molecule has 1 saturated heterocycles. The Labute approximate surface area is 335 Å². The second-order valence-corrected chi connectivity index (χ2v) is 16.2. The molecule has 1 aliphatic heterocycles. The number of carbonyl (C=O) groups is 2. The minimum atomic E-state index is -0.377. The monoisotopic (exact) mass is 775 g/mol. The molecular formula is C45H82N4O6. The first-order valence-corrected chi connectivity index (χ1v) is 22.9. The predicted octanol–water partition coefficient (Wildman–Crippen LogP) is 9.02. The molecule has 1 heterocycles. The van der Waals surface area contributed by atoms with Gasteiger partial charge >= 0.3 is 11.9 Å². The summed E-state index contributed by atoms with van der Waals surface area (Å²) in [6, 6.07) is 0. The molecule has 0 aromatic heterocycles. The van der Waals surface area contributed by atoms with Crippen LogP contribution in [0.3, 0.4) is 0 Å². The Bertz CT molecular complexity index is 1190. The fourth-order valence-corrected chi connectivity index (χ4v) is 7.52. The molecule has 0 bridgehead atoms. The number of ether oxygens (including phenoxy) is 2. The van der Waals surface area contributed by atoms with Crippen molar-refractivity contribution in [2.24, 2.45) is 0 Å². The lowest BCUT2D eigenvalue weighted by atomic mass is 10.1. The number of rotatable bonds is 36. The zero-order valence-corrected chi connectivity index (χ0v) is 35.9. The van der Waals surface area contributed by atoms with Crippen LogP contribution in [0.5, 0.6) is 0 Å². The van der Waals surface area contributed by atoms with Crippen molar-refractivity contribution in [2.45, 2.75) is 187 Å². The number of hydrogen-bond donors (Lipinski definition) is 1. The first-order chi connectivity index (χ1) is 26.8. The molecule has 2 rings (SSSR count). The van der Waals surface area contributed by atoms with Crippen LogP contribution in [0.1, 0.15) is 181 Å². The average molecular weight is 775 g/mol. The van der Waals surface area contributed by atoms with Gasteiger partial charge in [0.15, 0.2) is 0 Å². The van der Waals surface area contributed by atoms with Crippen LogP contribution in [0.25, 0.3) is 0 Å². The lowest BCUT2D eigenvalue weighted by molar-refractivity contribution is -0.150. The molecule has 318 valence electrons. The van der Waals surface area contributed by atoms with Crippen molar-refractivity contribution in [1.82, 2.24) is 9.80 Å². The van der Waals surface area contributed by atoms with Crippen LogP contribution in [0.2, 0.25) is 0 Å². The van der Waals surface area contributed by atoms with Gasteiger partial charge in [-0.3, -0.25) is 19.2 Å². The van der Waals surface area contributed by atoms with E-state index in [0.717, 1.165) is 161 Å². The highest BCUT2D eigenvalue weighted by molar-refractivity contribution is 5.75. The van der Waals surface area contributed by atoms with Crippen molar-refractivity contribution in [3.8, 4) is 0 Å². The number of carbonyl (C=O) groups excluding carboxylic acids is 2. The standard InChI is InChI=1S/C45H82N4O6/c1-5-8-11-18-24-38-54-40(50)28-20-14-12-16-22-31-48(33-25-30-46-42-43(45(53)44(42)52)49-36-34-47(4)35-37-49)32-23-17-13-15-21-29-41(51)55-39(26-10-7-3)27-19-9-6-2/h39,46H,5-38H2,1-4H3. The Morgan fingerprint density at radius 1 is 0.618 bits per heavy atom. The van der Waals surface area contributed by atoms with Gasteiger partial charge in [0.25, 0.3) is 10.9 Å². The molecular weight excluding hydrogens is 693 g/mol. The van der Waals surface area contributed by atoms with Crippen molar-refractivity contribution in [2.75, 3.05) is 76.2 Å². The molecule has 1 aromatic rings. The van der Waals surface area contributed by atoms with E-state index in [1.165, 1.54) is 32.1 Å². The molecule has 0 aliphatic carbocycles. The van der Waals surface area contributed by atoms with Crippen LogP contribution in [0.15, 0.2) is 9.59 Å². The summed E-state index contributed by atoms with van der Waals surface area (Å²) in [6.45, 7) is 14.2. The summed E-state index contributed by atoms with van der Waals surface area (Å²) in [4.78, 5) is 56.4. The molecule has 1 aromatic carbocycles. The quantitative estimate of drug-likeness (QED) is 0.0403. The second kappa shape index (κ2) is 31.6. The highest BCUT2D eigenvalue weighted by Gasteiger charge is 2.27. The molecule has 1 unspecified atom stereocenters. The molecule has 10 heteroatoms. The van der Waals surface area contributed by atoms with Gasteiger partial charge in [-0.1, -0.05) is 111 Å². The van der Waals surface area contributed by atoms with E-state index >= 15 is 0 Å². The predicted molar refractivity (Wildman–Crippen MR) is 229 cm³/mol. The summed E-state index contributed by atoms with van der Waals surface area (Å²) >= 11 is 0. The van der Waals surface area contributed by atoms with E-state index in [-0.39, 0.29) is 28.9 Å². The van der Waals surface area contributed by atoms with E-state index in [9.17, 15) is 19.2 Å². The van der Waals surface area contributed by atoms with E-state index in [1.807, 2.05) is 0 Å². The number of anilines is 2. The summed E-state index contributed by atoms with van der Waals surface area (Å²) in [5, 5.41) is 3.32. The molecule has 1 fully saturated rings. The molecule has 10 nitrogen and oxygen atoms in total. The second-order valence-electron chi connectivity index (χ2n) is 16.2. The summed E-state index contributed by atoms with van der Waals surface area (Å²) in [7, 11) is 2.08. The lowest BCUT2D eigenvalue weighted by Gasteiger charge is -2.35. The Morgan fingerprint density at radius 3 is 1.80 bits per heavy atom. The first kappa shape index (κ1) is 48.7. The highest BCUT2D eigenvalue weighted by Crippen LogP contribution is 2.22. The van der Waals surface area contributed by atoms with Crippen LogP contribution in [0.4, 0.5) is 11.4 Å². The van der Waals surface area contributed by atoms with Crippen LogP contribution in [-0.4, -0.2) is 93.9 Å². The minimum Gasteiger partial charge on any atom is -0.466 e. The number of esters is 2. The molecule has 0 radical (unpaired) electrons. The third kappa shape index (κ3) is 22.2. The number of nitrogens with zero attached hydrogens (tertiary/aromatic N) is 3. The number of hydrogen-bond acceptors (Lipinski definition) is 10. The maximum Gasteiger partial charge on any atom is 0.306 e. The third-order valence-corrected chi connectivity index (χ3v) is 11.2. The topological polar surface area (TPSA) is 108 Å². The molecule has 0 amide bonds. The summed E-state index contributed by atoms with van der Waals surface area (Å²) in [6.07, 6.45) is 26.3. The van der Waals surface area contributed by atoms with E-state index in [2.05, 4.69) is 47.8 Å². The number of unbranched alkanes of at least 4 members (excludes halogenated alkanes) is 15. The van der Waals surface area contributed by atoms with Gasteiger partial charge in [-0.15, -0.1) is 0 Å². The summed E-state index contributed by atoms with van der Waals surface area (Å²) in [5.41, 5.74) is 0.368. The smallest absolute Gasteiger partial charge is 0.306 e. The Hall–Kier alpha value is -2.46. The van der Waals surface area contributed by atoms with Gasteiger partial charge in [0.05, 0.1) is 6.61 Å². The number of piperazine rings is 1. The van der Waals surface area contributed by atoms with Crippen LogP contribution >= 0.6 is 0 Å². The highest BCUT2D eigenvalue weighted by atomic mass is 16.5. The Kier molecular flexibility index (Phi) is 28.0. The van der Waals surface area contributed by atoms with Crippen molar-refractivity contribution in [3.63, 3.8) is 0 Å². The van der Waals surface area contributed by atoms with Gasteiger partial charge in [-0.2, -0.15) is 0 Å². The largest absolute Gasteiger partial charge is 0.466 e. The molecule has 0 spiro atoms. The van der Waals surface area contributed by atoms with Gasteiger partial charge in [0.1, 0.15) is 17.5 Å². The van der Waals surface area contributed by atoms with E-state index in [4.69, 9.17) is 9.47 Å². The van der Waals surface area contributed by atoms with Crippen molar-refractivity contribution >= 4 is 23.3 Å². The van der Waals surface area contributed by atoms with E-state index < -0.39 is 0 Å². The van der Waals surface area contributed by atoms with E-state index in [0.29, 0.717) is 37.4 Å². The lowest BCUT2D eigenvalue weighted by Crippen LogP contribution is -2.50. The first-order valence-electron chi connectivity index (χ1n) is 22.9. The fourth-order valence-electron chi connectivity index (χ4n) is 7.52. The molecule has 1 N–H and O–H groups in total. The van der Waals surface area contributed by atoms with E-state index in [1.54, 1.807) is 0 Å². The maximum atomic E-state index is 12.6. The normalized spacial score (nSPS) is 14.2. The van der Waals surface area contributed by atoms with Crippen LogP contribution in [0, 0.1) is 0 Å².